The van der Waals surface area contributed by atoms with Crippen molar-refractivity contribution in [1.82, 2.24) is 14.9 Å². The topological polar surface area (TPSA) is 58.6 Å². The summed E-state index contributed by atoms with van der Waals surface area (Å²) < 4.78 is 5.34. The number of likely N-dealkylation sites (tertiary alicyclic amines) is 1. The fourth-order valence-electron chi connectivity index (χ4n) is 4.88. The van der Waals surface area contributed by atoms with Crippen molar-refractivity contribution in [3.05, 3.63) is 17.6 Å². The second-order valence-electron chi connectivity index (χ2n) is 8.40. The number of ether oxygens (including phenoxy) is 1. The molecule has 1 aromatic rings. The molecule has 1 aromatic heterocycles. The first kappa shape index (κ1) is 21.0. The molecule has 0 spiro atoms. The molecule has 1 amide bonds. The summed E-state index contributed by atoms with van der Waals surface area (Å²) in [6, 6.07) is 0. The Labute approximate surface area is 169 Å². The molecule has 0 radical (unpaired) electrons. The van der Waals surface area contributed by atoms with E-state index in [1.54, 1.807) is 7.11 Å². The molecule has 2 aliphatic heterocycles. The number of nitrogens with zero attached hydrogens (tertiary/aromatic N) is 4. The molecule has 2 saturated heterocycles. The summed E-state index contributed by atoms with van der Waals surface area (Å²) in [4.78, 5) is 26.0. The first-order valence-corrected chi connectivity index (χ1v) is 10.9. The largest absolute Gasteiger partial charge is 0.372 e. The fourth-order valence-corrected chi connectivity index (χ4v) is 4.88. The van der Waals surface area contributed by atoms with Crippen molar-refractivity contribution in [2.24, 2.45) is 11.8 Å². The second-order valence-corrected chi connectivity index (χ2v) is 8.40. The first-order valence-electron chi connectivity index (χ1n) is 10.9. The lowest BCUT2D eigenvalue weighted by atomic mass is 9.80. The van der Waals surface area contributed by atoms with E-state index in [1.165, 1.54) is 24.8 Å². The Morgan fingerprint density at radius 1 is 1.14 bits per heavy atom. The van der Waals surface area contributed by atoms with Crippen molar-refractivity contribution in [3.63, 3.8) is 0 Å². The third-order valence-electron chi connectivity index (χ3n) is 6.59. The van der Waals surface area contributed by atoms with Gasteiger partial charge in [0.15, 0.2) is 0 Å². The quantitative estimate of drug-likeness (QED) is 0.774. The Kier molecular flexibility index (Phi) is 7.27. The predicted octanol–water partition coefficient (Wildman–Crippen LogP) is 3.36. The van der Waals surface area contributed by atoms with Crippen molar-refractivity contribution in [2.45, 2.75) is 65.4 Å². The van der Waals surface area contributed by atoms with Crippen LogP contribution in [0.25, 0.3) is 0 Å². The summed E-state index contributed by atoms with van der Waals surface area (Å²) in [5.41, 5.74) is 1.17. The van der Waals surface area contributed by atoms with Crippen LogP contribution < -0.4 is 4.90 Å². The zero-order valence-electron chi connectivity index (χ0n) is 18.0. The molecule has 0 aliphatic carbocycles. The lowest BCUT2D eigenvalue weighted by Crippen LogP contribution is -2.45. The molecule has 28 heavy (non-hydrogen) atoms. The Hall–Kier alpha value is -1.69. The fraction of sp³-hybridized carbons (Fsp3) is 0.773. The summed E-state index contributed by atoms with van der Waals surface area (Å²) in [6.45, 7) is 10.00. The van der Waals surface area contributed by atoms with Crippen LogP contribution in [0.15, 0.2) is 6.20 Å². The SMILES string of the molecule is CCC(OC)C(=O)N1CCC(C2CCCN(c3nc(C)ncc3C)CC2)CC1. The van der Waals surface area contributed by atoms with E-state index < -0.39 is 0 Å². The van der Waals surface area contributed by atoms with Gasteiger partial charge in [0.2, 0.25) is 0 Å². The van der Waals surface area contributed by atoms with Gasteiger partial charge in [-0.3, -0.25) is 4.79 Å². The highest BCUT2D eigenvalue weighted by molar-refractivity contribution is 5.80. The van der Waals surface area contributed by atoms with Gasteiger partial charge in [0.25, 0.3) is 5.91 Å². The molecule has 6 heteroatoms. The molecule has 0 N–H and O–H groups in total. The van der Waals surface area contributed by atoms with Gasteiger partial charge in [0.05, 0.1) is 0 Å². The van der Waals surface area contributed by atoms with Gasteiger partial charge in [-0.2, -0.15) is 0 Å². The van der Waals surface area contributed by atoms with Crippen molar-refractivity contribution in [3.8, 4) is 0 Å². The van der Waals surface area contributed by atoms with Crippen LogP contribution >= 0.6 is 0 Å². The molecule has 2 atom stereocenters. The number of amides is 1. The Morgan fingerprint density at radius 2 is 1.82 bits per heavy atom. The summed E-state index contributed by atoms with van der Waals surface area (Å²) in [5, 5.41) is 0. The predicted molar refractivity (Wildman–Crippen MR) is 111 cm³/mol. The Bertz CT molecular complexity index is 654. The third-order valence-corrected chi connectivity index (χ3v) is 6.59. The molecule has 2 fully saturated rings. The molecule has 2 unspecified atom stereocenters. The van der Waals surface area contributed by atoms with Crippen molar-refractivity contribution in [1.29, 1.82) is 0 Å². The van der Waals surface area contributed by atoms with Gasteiger partial charge in [-0.1, -0.05) is 6.92 Å². The van der Waals surface area contributed by atoms with Gasteiger partial charge in [-0.15, -0.1) is 0 Å². The minimum absolute atomic E-state index is 0.171. The minimum Gasteiger partial charge on any atom is -0.372 e. The highest BCUT2D eigenvalue weighted by Crippen LogP contribution is 2.34. The molecule has 0 aromatic carbocycles. The van der Waals surface area contributed by atoms with Gasteiger partial charge in [0.1, 0.15) is 17.7 Å². The maximum atomic E-state index is 12.5. The summed E-state index contributed by atoms with van der Waals surface area (Å²) in [6.07, 6.45) is 8.39. The third kappa shape index (κ3) is 4.83. The summed E-state index contributed by atoms with van der Waals surface area (Å²) in [7, 11) is 1.64. The molecule has 0 saturated carbocycles. The normalized spacial score (nSPS) is 22.8. The van der Waals surface area contributed by atoms with E-state index >= 15 is 0 Å². The molecule has 2 aliphatic rings. The summed E-state index contributed by atoms with van der Waals surface area (Å²) in [5.74, 6) is 3.62. The van der Waals surface area contributed by atoms with Gasteiger partial charge in [0, 0.05) is 45.0 Å². The van der Waals surface area contributed by atoms with Gasteiger partial charge >= 0.3 is 0 Å². The number of hydrogen-bond donors (Lipinski definition) is 0. The van der Waals surface area contributed by atoms with E-state index in [1.807, 2.05) is 24.9 Å². The standard InChI is InChI=1S/C22H36N4O2/c1-5-20(28-4)22(27)26-13-9-19(10-14-26)18-7-6-11-25(12-8-18)21-16(2)15-23-17(3)24-21/h15,18-20H,5-14H2,1-4H3. The van der Waals surface area contributed by atoms with E-state index in [-0.39, 0.29) is 12.0 Å². The maximum Gasteiger partial charge on any atom is 0.251 e. The summed E-state index contributed by atoms with van der Waals surface area (Å²) >= 11 is 0. The van der Waals surface area contributed by atoms with Crippen LogP contribution in [0.5, 0.6) is 0 Å². The van der Waals surface area contributed by atoms with Crippen molar-refractivity contribution in [2.75, 3.05) is 38.2 Å². The number of carbonyl (C=O) groups excluding carboxylic acids is 1. The highest BCUT2D eigenvalue weighted by Gasteiger charge is 2.32. The zero-order valence-corrected chi connectivity index (χ0v) is 18.0. The first-order chi connectivity index (χ1) is 13.5. The number of aryl methyl sites for hydroxylation is 2. The van der Waals surface area contributed by atoms with Crippen LogP contribution in [0, 0.1) is 25.7 Å². The van der Waals surface area contributed by atoms with Crippen molar-refractivity contribution >= 4 is 11.7 Å². The monoisotopic (exact) mass is 388 g/mol. The minimum atomic E-state index is -0.275. The second kappa shape index (κ2) is 9.68. The van der Waals surface area contributed by atoms with E-state index in [9.17, 15) is 4.79 Å². The molecule has 3 rings (SSSR count). The number of hydrogen-bond acceptors (Lipinski definition) is 5. The van der Waals surface area contributed by atoms with E-state index in [4.69, 9.17) is 9.72 Å². The van der Waals surface area contributed by atoms with Crippen LogP contribution in [0.2, 0.25) is 0 Å². The van der Waals surface area contributed by atoms with Gasteiger partial charge in [-0.25, -0.2) is 9.97 Å². The highest BCUT2D eigenvalue weighted by atomic mass is 16.5. The number of methoxy groups -OCH3 is 1. The molecule has 156 valence electrons. The van der Waals surface area contributed by atoms with E-state index in [0.29, 0.717) is 0 Å². The Balaban J connectivity index is 1.54. The van der Waals surface area contributed by atoms with Gasteiger partial charge < -0.3 is 14.5 Å². The molecule has 0 bridgehead atoms. The molecular weight excluding hydrogens is 352 g/mol. The van der Waals surface area contributed by atoms with Crippen molar-refractivity contribution < 1.29 is 9.53 Å². The van der Waals surface area contributed by atoms with Crippen LogP contribution in [0.4, 0.5) is 5.82 Å². The zero-order chi connectivity index (χ0) is 20.1. The number of rotatable bonds is 5. The van der Waals surface area contributed by atoms with E-state index in [0.717, 1.165) is 68.9 Å². The van der Waals surface area contributed by atoms with Crippen LogP contribution in [0.1, 0.15) is 56.8 Å². The lowest BCUT2D eigenvalue weighted by molar-refractivity contribution is -0.143. The molecular formula is C22H36N4O2. The smallest absolute Gasteiger partial charge is 0.251 e. The molecule has 3 heterocycles. The van der Waals surface area contributed by atoms with E-state index in [2.05, 4.69) is 16.8 Å². The van der Waals surface area contributed by atoms with Crippen LogP contribution in [-0.2, 0) is 9.53 Å². The Morgan fingerprint density at radius 3 is 2.50 bits per heavy atom. The lowest BCUT2D eigenvalue weighted by Gasteiger charge is -2.37. The number of carbonyl (C=O) groups is 1. The average molecular weight is 389 g/mol. The average Bonchev–Trinajstić information content (AvgIpc) is 2.97. The van der Waals surface area contributed by atoms with Gasteiger partial charge in [-0.05, 0) is 64.2 Å². The van der Waals surface area contributed by atoms with Crippen LogP contribution in [-0.4, -0.2) is 60.2 Å². The number of anilines is 1. The number of aromatic nitrogens is 2. The molecule has 6 nitrogen and oxygen atoms in total. The number of piperidine rings is 1. The maximum absolute atomic E-state index is 12.5. The van der Waals surface area contributed by atoms with Crippen LogP contribution in [0.3, 0.4) is 0 Å².